The lowest BCUT2D eigenvalue weighted by molar-refractivity contribution is -0.384. The maximum Gasteiger partial charge on any atom is 0.311 e. The van der Waals surface area contributed by atoms with Crippen LogP contribution in [0.3, 0.4) is 0 Å². The Balaban J connectivity index is 2.06. The molecule has 2 heterocycles. The quantitative estimate of drug-likeness (QED) is 0.627. The molecule has 0 atom stereocenters. The van der Waals surface area contributed by atoms with E-state index in [1.54, 1.807) is 12.4 Å². The zero-order valence-corrected chi connectivity index (χ0v) is 10.2. The van der Waals surface area contributed by atoms with E-state index in [1.165, 1.54) is 12.1 Å². The Kier molecular flexibility index (Phi) is 3.51. The SMILES string of the molecule is Cc1cnc(CNc2ccc([N+](=O)[O-])c(N)n2)cn1. The lowest BCUT2D eigenvalue weighted by atomic mass is 10.3. The Labute approximate surface area is 108 Å². The number of nitrogens with two attached hydrogens (primary N) is 1. The van der Waals surface area contributed by atoms with Gasteiger partial charge in [0.2, 0.25) is 5.82 Å². The Bertz CT molecular complexity index is 599. The molecule has 0 saturated heterocycles. The van der Waals surface area contributed by atoms with Crippen LogP contribution in [0.2, 0.25) is 0 Å². The second-order valence-electron chi connectivity index (χ2n) is 3.86. The highest BCUT2D eigenvalue weighted by molar-refractivity contribution is 5.57. The average molecular weight is 260 g/mol. The number of hydrogen-bond acceptors (Lipinski definition) is 7. The molecule has 8 heteroatoms. The molecule has 0 spiro atoms. The van der Waals surface area contributed by atoms with Crippen LogP contribution in [-0.2, 0) is 6.54 Å². The predicted octanol–water partition coefficient (Wildman–Crippen LogP) is 1.28. The van der Waals surface area contributed by atoms with Gasteiger partial charge >= 0.3 is 5.69 Å². The highest BCUT2D eigenvalue weighted by Crippen LogP contribution is 2.20. The largest absolute Gasteiger partial charge is 0.378 e. The van der Waals surface area contributed by atoms with Crippen LogP contribution in [0.1, 0.15) is 11.4 Å². The van der Waals surface area contributed by atoms with E-state index in [4.69, 9.17) is 5.73 Å². The normalized spacial score (nSPS) is 10.2. The number of hydrogen-bond donors (Lipinski definition) is 2. The molecule has 0 aliphatic rings. The van der Waals surface area contributed by atoms with Gasteiger partial charge in [0.15, 0.2) is 0 Å². The fourth-order valence-corrected chi connectivity index (χ4v) is 1.41. The van der Waals surface area contributed by atoms with Crippen molar-refractivity contribution in [1.29, 1.82) is 0 Å². The molecule has 0 amide bonds. The monoisotopic (exact) mass is 260 g/mol. The second-order valence-corrected chi connectivity index (χ2v) is 3.86. The summed E-state index contributed by atoms with van der Waals surface area (Å²) in [6, 6.07) is 2.81. The van der Waals surface area contributed by atoms with Gasteiger partial charge in [-0.25, -0.2) is 4.98 Å². The summed E-state index contributed by atoms with van der Waals surface area (Å²) in [4.78, 5) is 22.2. The minimum atomic E-state index is -0.572. The first-order chi connectivity index (χ1) is 9.06. The van der Waals surface area contributed by atoms with Crippen molar-refractivity contribution in [3.8, 4) is 0 Å². The molecule has 0 bridgehead atoms. The third kappa shape index (κ3) is 3.12. The van der Waals surface area contributed by atoms with Crippen LogP contribution >= 0.6 is 0 Å². The minimum absolute atomic E-state index is 0.120. The minimum Gasteiger partial charge on any atom is -0.378 e. The molecule has 2 aromatic rings. The summed E-state index contributed by atoms with van der Waals surface area (Å²) in [7, 11) is 0. The van der Waals surface area contributed by atoms with Gasteiger partial charge in [-0.1, -0.05) is 0 Å². The molecule has 19 heavy (non-hydrogen) atoms. The number of nitrogens with one attached hydrogen (secondary N) is 1. The van der Waals surface area contributed by atoms with Crippen molar-refractivity contribution in [3.05, 3.63) is 46.0 Å². The molecule has 0 fully saturated rings. The van der Waals surface area contributed by atoms with E-state index in [2.05, 4.69) is 20.3 Å². The van der Waals surface area contributed by atoms with Crippen molar-refractivity contribution in [2.45, 2.75) is 13.5 Å². The summed E-state index contributed by atoms with van der Waals surface area (Å²) in [6.45, 7) is 2.26. The van der Waals surface area contributed by atoms with Gasteiger partial charge in [-0.05, 0) is 13.0 Å². The highest BCUT2D eigenvalue weighted by atomic mass is 16.6. The van der Waals surface area contributed by atoms with Crippen molar-refractivity contribution in [2.75, 3.05) is 11.1 Å². The highest BCUT2D eigenvalue weighted by Gasteiger charge is 2.12. The zero-order chi connectivity index (χ0) is 13.8. The number of nitro groups is 1. The number of anilines is 2. The third-order valence-corrected chi connectivity index (χ3v) is 2.38. The fraction of sp³-hybridized carbons (Fsp3) is 0.182. The van der Waals surface area contributed by atoms with Crippen LogP contribution in [0.5, 0.6) is 0 Å². The van der Waals surface area contributed by atoms with Crippen LogP contribution in [-0.4, -0.2) is 19.9 Å². The van der Waals surface area contributed by atoms with Gasteiger partial charge in [0.05, 0.1) is 29.1 Å². The van der Waals surface area contributed by atoms with E-state index in [0.29, 0.717) is 12.4 Å². The summed E-state index contributed by atoms with van der Waals surface area (Å²) in [6.07, 6.45) is 3.31. The topological polar surface area (TPSA) is 120 Å². The number of rotatable bonds is 4. The summed E-state index contributed by atoms with van der Waals surface area (Å²) in [5.41, 5.74) is 6.86. The maximum atomic E-state index is 10.6. The van der Waals surface area contributed by atoms with E-state index in [0.717, 1.165) is 11.4 Å². The van der Waals surface area contributed by atoms with Crippen molar-refractivity contribution in [3.63, 3.8) is 0 Å². The molecule has 0 aromatic carbocycles. The second kappa shape index (κ2) is 5.25. The van der Waals surface area contributed by atoms with Crippen molar-refractivity contribution >= 4 is 17.3 Å². The van der Waals surface area contributed by atoms with E-state index in [1.807, 2.05) is 6.92 Å². The molecule has 0 radical (unpaired) electrons. The van der Waals surface area contributed by atoms with Gasteiger partial charge in [-0.3, -0.25) is 20.1 Å². The first-order valence-corrected chi connectivity index (χ1v) is 5.48. The van der Waals surface area contributed by atoms with E-state index < -0.39 is 4.92 Å². The summed E-state index contributed by atoms with van der Waals surface area (Å²) in [5, 5.41) is 13.6. The molecule has 0 saturated carbocycles. The van der Waals surface area contributed by atoms with Crippen LogP contribution < -0.4 is 11.1 Å². The summed E-state index contributed by atoms with van der Waals surface area (Å²) < 4.78 is 0. The molecule has 2 aromatic heterocycles. The van der Waals surface area contributed by atoms with Crippen molar-refractivity contribution in [2.24, 2.45) is 0 Å². The Hall–Kier alpha value is -2.77. The molecule has 3 N–H and O–H groups in total. The van der Waals surface area contributed by atoms with E-state index in [-0.39, 0.29) is 11.5 Å². The first-order valence-electron chi connectivity index (χ1n) is 5.48. The third-order valence-electron chi connectivity index (χ3n) is 2.38. The smallest absolute Gasteiger partial charge is 0.311 e. The van der Waals surface area contributed by atoms with E-state index in [9.17, 15) is 10.1 Å². The molecule has 0 unspecified atom stereocenters. The number of pyridine rings is 1. The molecule has 0 aliphatic carbocycles. The van der Waals surface area contributed by atoms with Crippen LogP contribution in [0, 0.1) is 17.0 Å². The average Bonchev–Trinajstić information content (AvgIpc) is 2.37. The molecule has 0 aliphatic heterocycles. The number of nitrogens with zero attached hydrogens (tertiary/aromatic N) is 4. The Morgan fingerprint density at radius 2 is 2.16 bits per heavy atom. The molecule has 98 valence electrons. The Morgan fingerprint density at radius 3 is 2.74 bits per heavy atom. The number of aromatic nitrogens is 3. The molecule has 8 nitrogen and oxygen atoms in total. The lowest BCUT2D eigenvalue weighted by Gasteiger charge is -2.05. The summed E-state index contributed by atoms with van der Waals surface area (Å²) in [5.74, 6) is 0.329. The van der Waals surface area contributed by atoms with Crippen molar-refractivity contribution in [1.82, 2.24) is 15.0 Å². The van der Waals surface area contributed by atoms with Gasteiger partial charge < -0.3 is 11.1 Å². The summed E-state index contributed by atoms with van der Waals surface area (Å²) >= 11 is 0. The van der Waals surface area contributed by atoms with Gasteiger partial charge in [-0.15, -0.1) is 0 Å². The van der Waals surface area contributed by atoms with Crippen LogP contribution in [0.25, 0.3) is 0 Å². The van der Waals surface area contributed by atoms with Crippen LogP contribution in [0.15, 0.2) is 24.5 Å². The fourth-order valence-electron chi connectivity index (χ4n) is 1.41. The first kappa shape index (κ1) is 12.7. The van der Waals surface area contributed by atoms with Gasteiger partial charge in [0, 0.05) is 12.3 Å². The number of aryl methyl sites for hydroxylation is 1. The predicted molar refractivity (Wildman–Crippen MR) is 69.4 cm³/mol. The van der Waals surface area contributed by atoms with Gasteiger partial charge in [-0.2, -0.15) is 0 Å². The zero-order valence-electron chi connectivity index (χ0n) is 10.2. The Morgan fingerprint density at radius 1 is 1.37 bits per heavy atom. The van der Waals surface area contributed by atoms with Gasteiger partial charge in [0.1, 0.15) is 5.82 Å². The molecular formula is C11H12N6O2. The molecule has 2 rings (SSSR count). The van der Waals surface area contributed by atoms with Crippen molar-refractivity contribution < 1.29 is 4.92 Å². The molecular weight excluding hydrogens is 248 g/mol. The standard InChI is InChI=1S/C11H12N6O2/c1-7-4-14-8(5-13-7)6-15-10-3-2-9(17(18)19)11(12)16-10/h2-5H,6H2,1H3,(H3,12,15,16). The van der Waals surface area contributed by atoms with Gasteiger partial charge in [0.25, 0.3) is 0 Å². The maximum absolute atomic E-state index is 10.6. The number of nitrogen functional groups attached to an aromatic ring is 1. The lowest BCUT2D eigenvalue weighted by Crippen LogP contribution is -2.06. The van der Waals surface area contributed by atoms with E-state index >= 15 is 0 Å². The van der Waals surface area contributed by atoms with Crippen LogP contribution in [0.4, 0.5) is 17.3 Å².